The molecule has 3 nitrogen and oxygen atoms in total. The van der Waals surface area contributed by atoms with Gasteiger partial charge in [-0.1, -0.05) is 6.07 Å². The molecular weight excluding hydrogens is 262 g/mol. The zero-order chi connectivity index (χ0) is 14.3. The van der Waals surface area contributed by atoms with Gasteiger partial charge in [0.1, 0.15) is 12.4 Å². The number of carbonyl (C=O) groups excluding carboxylic acids is 1. The van der Waals surface area contributed by atoms with E-state index in [1.807, 2.05) is 18.2 Å². The van der Waals surface area contributed by atoms with Crippen LogP contribution < -0.4 is 4.74 Å². The van der Waals surface area contributed by atoms with Crippen LogP contribution in [0.25, 0.3) is 0 Å². The summed E-state index contributed by atoms with van der Waals surface area (Å²) in [5.41, 5.74) is 2.46. The molecule has 0 spiro atoms. The lowest BCUT2D eigenvalue weighted by molar-refractivity contribution is -0.130. The summed E-state index contributed by atoms with van der Waals surface area (Å²) < 4.78 is 5.65. The fraction of sp³-hybridized carbons (Fsp3) is 0.533. The number of alkyl halides is 1. The van der Waals surface area contributed by atoms with E-state index in [2.05, 4.69) is 13.8 Å². The van der Waals surface area contributed by atoms with Crippen molar-refractivity contribution >= 4 is 17.5 Å². The largest absolute Gasteiger partial charge is 0.492 e. The molecule has 0 aliphatic heterocycles. The second kappa shape index (κ2) is 8.05. The summed E-state index contributed by atoms with van der Waals surface area (Å²) in [5.74, 6) is 1.49. The van der Waals surface area contributed by atoms with Gasteiger partial charge in [-0.05, 0) is 43.5 Å². The fourth-order valence-corrected chi connectivity index (χ4v) is 1.77. The molecule has 0 N–H and O–H groups in total. The summed E-state index contributed by atoms with van der Waals surface area (Å²) in [6.45, 7) is 5.23. The average Bonchev–Trinajstić information content (AvgIpc) is 2.39. The first-order valence-corrected chi connectivity index (χ1v) is 7.08. The van der Waals surface area contributed by atoms with Gasteiger partial charge in [0.2, 0.25) is 5.91 Å². The van der Waals surface area contributed by atoms with Crippen molar-refractivity contribution < 1.29 is 9.53 Å². The number of carbonyl (C=O) groups is 1. The molecule has 1 aromatic rings. The number of amides is 1. The molecule has 0 aliphatic rings. The maximum Gasteiger partial charge on any atom is 0.222 e. The highest BCUT2D eigenvalue weighted by Gasteiger charge is 2.07. The number of halogens is 1. The average molecular weight is 284 g/mol. The maximum atomic E-state index is 11.7. The van der Waals surface area contributed by atoms with E-state index in [9.17, 15) is 4.79 Å². The van der Waals surface area contributed by atoms with Gasteiger partial charge in [0.15, 0.2) is 0 Å². The highest BCUT2D eigenvalue weighted by molar-refractivity contribution is 6.17. The first kappa shape index (κ1) is 15.8. The summed E-state index contributed by atoms with van der Waals surface area (Å²) in [7, 11) is 1.79. The number of likely N-dealkylation sites (N-methyl/N-ethyl adjacent to an activating group) is 1. The molecule has 0 saturated carbocycles. The van der Waals surface area contributed by atoms with Gasteiger partial charge in [0.05, 0.1) is 6.54 Å². The van der Waals surface area contributed by atoms with Crippen molar-refractivity contribution in [3.05, 3.63) is 29.3 Å². The predicted molar refractivity (Wildman–Crippen MR) is 79.0 cm³/mol. The maximum absolute atomic E-state index is 11.7. The monoisotopic (exact) mass is 283 g/mol. The molecule has 1 amide bonds. The van der Waals surface area contributed by atoms with Crippen molar-refractivity contribution in [2.45, 2.75) is 26.7 Å². The second-order valence-corrected chi connectivity index (χ2v) is 5.08. The third-order valence-corrected chi connectivity index (χ3v) is 3.39. The number of ether oxygens (including phenoxy) is 1. The van der Waals surface area contributed by atoms with Gasteiger partial charge < -0.3 is 9.64 Å². The number of nitrogens with zero attached hydrogens (tertiary/aromatic N) is 1. The Balaban J connectivity index is 2.33. The van der Waals surface area contributed by atoms with Crippen molar-refractivity contribution in [3.8, 4) is 5.75 Å². The van der Waals surface area contributed by atoms with Gasteiger partial charge in [0.25, 0.3) is 0 Å². The lowest BCUT2D eigenvalue weighted by atomic mass is 10.1. The zero-order valence-corrected chi connectivity index (χ0v) is 12.7. The summed E-state index contributed by atoms with van der Waals surface area (Å²) in [6, 6.07) is 6.02. The van der Waals surface area contributed by atoms with E-state index < -0.39 is 0 Å². The summed E-state index contributed by atoms with van der Waals surface area (Å²) in [4.78, 5) is 13.3. The molecule has 0 fully saturated rings. The standard InChI is InChI=1S/C15H22ClNO2/c1-12-6-7-14(11-13(12)2)19-10-9-17(3)15(18)5-4-8-16/h6-7,11H,4-5,8-10H2,1-3H3. The normalized spacial score (nSPS) is 10.3. The van der Waals surface area contributed by atoms with E-state index in [0.717, 1.165) is 12.2 Å². The minimum atomic E-state index is 0.115. The van der Waals surface area contributed by atoms with Crippen molar-refractivity contribution in [1.29, 1.82) is 0 Å². The number of benzene rings is 1. The Labute approximate surface area is 120 Å². The predicted octanol–water partition coefficient (Wildman–Crippen LogP) is 3.16. The van der Waals surface area contributed by atoms with Crippen molar-refractivity contribution in [2.24, 2.45) is 0 Å². The van der Waals surface area contributed by atoms with Crippen LogP contribution in [0, 0.1) is 13.8 Å². The van der Waals surface area contributed by atoms with Gasteiger partial charge in [0, 0.05) is 19.3 Å². The Morgan fingerprint density at radius 2 is 2.05 bits per heavy atom. The van der Waals surface area contributed by atoms with Crippen LogP contribution in [0.1, 0.15) is 24.0 Å². The molecule has 0 bridgehead atoms. The molecular formula is C15H22ClNO2. The summed E-state index contributed by atoms with van der Waals surface area (Å²) in [5, 5.41) is 0. The van der Waals surface area contributed by atoms with Crippen molar-refractivity contribution in [1.82, 2.24) is 4.90 Å². The van der Waals surface area contributed by atoms with Crippen LogP contribution in [-0.2, 0) is 4.79 Å². The third kappa shape index (κ3) is 5.52. The third-order valence-electron chi connectivity index (χ3n) is 3.12. The van der Waals surface area contributed by atoms with Crippen LogP contribution in [-0.4, -0.2) is 36.9 Å². The van der Waals surface area contributed by atoms with Gasteiger partial charge in [-0.3, -0.25) is 4.79 Å². The smallest absolute Gasteiger partial charge is 0.222 e. The number of hydrogen-bond donors (Lipinski definition) is 0. The van der Waals surface area contributed by atoms with Gasteiger partial charge in [-0.25, -0.2) is 0 Å². The number of aryl methyl sites for hydroxylation is 2. The second-order valence-electron chi connectivity index (χ2n) is 4.70. The molecule has 1 aromatic carbocycles. The first-order valence-electron chi connectivity index (χ1n) is 6.54. The van der Waals surface area contributed by atoms with Crippen LogP contribution in [0.15, 0.2) is 18.2 Å². The van der Waals surface area contributed by atoms with Gasteiger partial charge >= 0.3 is 0 Å². The van der Waals surface area contributed by atoms with Crippen LogP contribution in [0.5, 0.6) is 5.75 Å². The number of rotatable bonds is 7. The Bertz CT molecular complexity index is 421. The Morgan fingerprint density at radius 3 is 2.68 bits per heavy atom. The van der Waals surface area contributed by atoms with Gasteiger partial charge in [-0.2, -0.15) is 0 Å². The molecule has 4 heteroatoms. The quantitative estimate of drug-likeness (QED) is 0.720. The molecule has 0 aromatic heterocycles. The number of hydrogen-bond acceptors (Lipinski definition) is 2. The highest BCUT2D eigenvalue weighted by atomic mass is 35.5. The van der Waals surface area contributed by atoms with E-state index >= 15 is 0 Å². The van der Waals surface area contributed by atoms with Crippen molar-refractivity contribution in [2.75, 3.05) is 26.1 Å². The van der Waals surface area contributed by atoms with E-state index in [4.69, 9.17) is 16.3 Å². The fourth-order valence-electron chi connectivity index (χ4n) is 1.64. The molecule has 0 atom stereocenters. The molecule has 0 unspecified atom stereocenters. The highest BCUT2D eigenvalue weighted by Crippen LogP contribution is 2.16. The molecule has 1 rings (SSSR count). The lowest BCUT2D eigenvalue weighted by Crippen LogP contribution is -2.30. The molecule has 0 radical (unpaired) electrons. The molecule has 19 heavy (non-hydrogen) atoms. The van der Waals surface area contributed by atoms with E-state index in [-0.39, 0.29) is 5.91 Å². The lowest BCUT2D eigenvalue weighted by Gasteiger charge is -2.17. The molecule has 0 saturated heterocycles. The Hall–Kier alpha value is -1.22. The minimum absolute atomic E-state index is 0.115. The summed E-state index contributed by atoms with van der Waals surface area (Å²) in [6.07, 6.45) is 1.23. The van der Waals surface area contributed by atoms with Gasteiger partial charge in [-0.15, -0.1) is 11.6 Å². The molecule has 0 heterocycles. The van der Waals surface area contributed by atoms with Crippen LogP contribution in [0.4, 0.5) is 0 Å². The van der Waals surface area contributed by atoms with E-state index in [0.29, 0.717) is 25.5 Å². The molecule has 106 valence electrons. The summed E-state index contributed by atoms with van der Waals surface area (Å²) >= 11 is 5.57. The van der Waals surface area contributed by atoms with Crippen molar-refractivity contribution in [3.63, 3.8) is 0 Å². The Kier molecular flexibility index (Phi) is 6.71. The SMILES string of the molecule is Cc1ccc(OCCN(C)C(=O)CCCCl)cc1C. The van der Waals surface area contributed by atoms with E-state index in [1.165, 1.54) is 11.1 Å². The van der Waals surface area contributed by atoms with E-state index in [1.54, 1.807) is 11.9 Å². The minimum Gasteiger partial charge on any atom is -0.492 e. The first-order chi connectivity index (χ1) is 9.04. The van der Waals surface area contributed by atoms with Crippen LogP contribution in [0.2, 0.25) is 0 Å². The zero-order valence-electron chi connectivity index (χ0n) is 11.9. The van der Waals surface area contributed by atoms with Crippen LogP contribution in [0.3, 0.4) is 0 Å². The Morgan fingerprint density at radius 1 is 1.32 bits per heavy atom. The van der Waals surface area contributed by atoms with Crippen LogP contribution >= 0.6 is 11.6 Å². The molecule has 0 aliphatic carbocycles. The topological polar surface area (TPSA) is 29.5 Å².